The van der Waals surface area contributed by atoms with Gasteiger partial charge in [0.1, 0.15) is 75.6 Å². The number of carboxylic acids is 3. The van der Waals surface area contributed by atoms with E-state index in [0.29, 0.717) is 159 Å². The van der Waals surface area contributed by atoms with Gasteiger partial charge in [0.25, 0.3) is 0 Å². The Labute approximate surface area is 695 Å². The van der Waals surface area contributed by atoms with Gasteiger partial charge in [-0.2, -0.15) is 0 Å². The van der Waals surface area contributed by atoms with Gasteiger partial charge < -0.3 is 70.4 Å². The highest BCUT2D eigenvalue weighted by Crippen LogP contribution is 2.39. The van der Waals surface area contributed by atoms with Crippen molar-refractivity contribution >= 4 is 64.3 Å². The average Bonchev–Trinajstić information content (AvgIpc) is 0.906. The largest absolute Gasteiger partial charge is 0.493 e. The number of carbonyl (C=O) groups is 3. The van der Waals surface area contributed by atoms with Gasteiger partial charge in [0, 0.05) is 102 Å². The predicted octanol–water partition coefficient (Wildman–Crippen LogP) is 20.9. The van der Waals surface area contributed by atoms with Gasteiger partial charge in [-0.25, -0.2) is 0 Å². The van der Waals surface area contributed by atoms with Gasteiger partial charge in [0.2, 0.25) is 0 Å². The fraction of sp³-hybridized carbons (Fsp3) is 0.185. The van der Waals surface area contributed by atoms with Gasteiger partial charge in [-0.1, -0.05) is 216 Å². The van der Waals surface area contributed by atoms with Crippen LogP contribution in [-0.4, -0.2) is 99.9 Å². The van der Waals surface area contributed by atoms with Gasteiger partial charge >= 0.3 is 17.9 Å². The first-order valence-electron chi connectivity index (χ1n) is 37.2. The molecule has 0 aromatic heterocycles. The highest BCUT2D eigenvalue weighted by molar-refractivity contribution is 6.32. The maximum Gasteiger partial charge on any atom is 0.320 e. The number of carboxylic acid groups (broad SMARTS) is 3. The minimum absolute atomic E-state index is 0.274. The summed E-state index contributed by atoms with van der Waals surface area (Å²) in [5.74, 6) is 5.80. The Balaban J connectivity index is 0.000000184. The molecule has 24 heteroatoms. The zero-order chi connectivity index (χ0) is 82.1. The van der Waals surface area contributed by atoms with Crippen molar-refractivity contribution in [1.29, 1.82) is 0 Å². The van der Waals surface area contributed by atoms with Crippen molar-refractivity contribution in [2.24, 2.45) is 17.2 Å². The molecule has 0 aliphatic carbocycles. The first-order chi connectivity index (χ1) is 56.2. The van der Waals surface area contributed by atoms with Crippen LogP contribution in [0.3, 0.4) is 0 Å². The SMILES string of the molecule is COc1ccccc1Oc1ccccc1CN(CC[C@H](N)C(=O)O)Cc1ccccc1Oc1ccccc1OC.N[C@@H](CCN(Cc1ccccc1Oc1cccc(Cl)c1)Cc1ccccc1Oc1cccc(Cl)c1)C(=O)O.N[C@@H](CCN(Cc1ccccc1Oc1ccccc1Cl)Cc1ccccc1Oc1ccccc1Cl)C(=O)O. The summed E-state index contributed by atoms with van der Waals surface area (Å²) >= 11 is 24.9. The van der Waals surface area contributed by atoms with Crippen LogP contribution in [0.4, 0.5) is 0 Å². The smallest absolute Gasteiger partial charge is 0.320 e. The van der Waals surface area contributed by atoms with E-state index in [0.717, 1.165) is 33.4 Å². The fourth-order valence-corrected chi connectivity index (χ4v) is 12.8. The van der Waals surface area contributed by atoms with Crippen molar-refractivity contribution in [3.8, 4) is 80.5 Å². The van der Waals surface area contributed by atoms with Gasteiger partial charge in [0.05, 0.1) is 24.3 Å². The molecule has 0 saturated heterocycles. The highest BCUT2D eigenvalue weighted by Gasteiger charge is 2.24. The molecular weight excluding hydrogens is 1550 g/mol. The number of para-hydroxylation sites is 12. The number of benzene rings is 12. The lowest BCUT2D eigenvalue weighted by atomic mass is 10.1. The Hall–Kier alpha value is -11.6. The quantitative estimate of drug-likeness (QED) is 0.0210. The van der Waals surface area contributed by atoms with E-state index >= 15 is 0 Å². The van der Waals surface area contributed by atoms with Crippen molar-refractivity contribution in [1.82, 2.24) is 14.7 Å². The van der Waals surface area contributed by atoms with E-state index in [9.17, 15) is 29.7 Å². The maximum absolute atomic E-state index is 11.5. The first-order valence-corrected chi connectivity index (χ1v) is 38.7. The minimum atomic E-state index is -1.03. The summed E-state index contributed by atoms with van der Waals surface area (Å²) in [6, 6.07) is 87.4. The number of nitrogens with zero attached hydrogens (tertiary/aromatic N) is 3. The van der Waals surface area contributed by atoms with Crippen LogP contribution in [0.5, 0.6) is 80.5 Å². The van der Waals surface area contributed by atoms with Crippen LogP contribution in [0.25, 0.3) is 0 Å². The van der Waals surface area contributed by atoms with E-state index in [2.05, 4.69) is 14.7 Å². The second kappa shape index (κ2) is 44.9. The molecule has 0 fully saturated rings. The number of aliphatic carboxylic acids is 3. The highest BCUT2D eigenvalue weighted by atomic mass is 35.5. The Morgan fingerprint density at radius 1 is 0.284 bits per heavy atom. The van der Waals surface area contributed by atoms with Gasteiger partial charge in [0.15, 0.2) is 23.0 Å². The topological polar surface area (TPSA) is 274 Å². The van der Waals surface area contributed by atoms with Gasteiger partial charge in [-0.15, -0.1) is 0 Å². The molecule has 0 unspecified atom stereocenters. The molecule has 0 saturated carbocycles. The van der Waals surface area contributed by atoms with E-state index in [1.54, 1.807) is 50.6 Å². The Bertz CT molecular complexity index is 4900. The van der Waals surface area contributed by atoms with Crippen molar-refractivity contribution in [3.63, 3.8) is 0 Å². The monoisotopic (exact) mass is 1640 g/mol. The summed E-state index contributed by atoms with van der Waals surface area (Å²) in [7, 11) is 3.21. The van der Waals surface area contributed by atoms with Crippen LogP contribution < -0.4 is 55.1 Å². The van der Waals surface area contributed by atoms with Crippen molar-refractivity contribution in [2.75, 3.05) is 33.9 Å². The molecular formula is C92H90Cl4N6O14. The normalized spacial score (nSPS) is 11.7. The number of rotatable bonds is 38. The summed E-state index contributed by atoms with van der Waals surface area (Å²) in [4.78, 5) is 40.6. The number of hydrogen-bond donors (Lipinski definition) is 6. The van der Waals surface area contributed by atoms with Crippen LogP contribution in [0.15, 0.2) is 291 Å². The molecule has 0 heterocycles. The summed E-state index contributed by atoms with van der Waals surface area (Å²) < 4.78 is 48.1. The molecule has 9 N–H and O–H groups in total. The Kier molecular flexibility index (Phi) is 33.6. The van der Waals surface area contributed by atoms with E-state index < -0.39 is 36.0 Å². The van der Waals surface area contributed by atoms with E-state index in [1.807, 2.05) is 255 Å². The van der Waals surface area contributed by atoms with E-state index in [4.69, 9.17) is 101 Å². The van der Waals surface area contributed by atoms with Gasteiger partial charge in [-0.3, -0.25) is 29.1 Å². The summed E-state index contributed by atoms with van der Waals surface area (Å²) in [6.07, 6.45) is 0.834. The third-order valence-corrected chi connectivity index (χ3v) is 19.3. The standard InChI is InChI=1S/C32H34N2O6.2C30H28Cl2N2O4/c1-37-28-15-7-9-17-30(28)39-26-13-5-3-11-23(26)21-34(20-19-25(33)32(35)36)22-24-12-4-6-14-27(24)40-31-18-10-8-16-29(31)38-2;31-23-11-3-7-15-28(23)37-26-13-5-1-9-21(26)19-34(18-17-25(33)30(35)36)20-22-10-2-6-14-27(22)38-29-16-8-4-12-24(29)32;31-23-9-5-11-25(17-23)37-28-13-3-1-7-21(28)19-34(16-15-27(33)30(35)36)20-22-8-2-4-14-29(22)38-26-12-6-10-24(32)18-26/h3-18,25H,19-22,33H2,1-2H3,(H,35,36);1-16,25H,17-20,33H2,(H,35,36);1-14,17-18,27H,15-16,19-20,33H2,(H,35,36)/t2*25-;27-/m000/s1. The van der Waals surface area contributed by atoms with Crippen molar-refractivity contribution < 1.29 is 67.6 Å². The molecule has 0 aliphatic rings. The van der Waals surface area contributed by atoms with Crippen LogP contribution in [-0.2, 0) is 53.7 Å². The van der Waals surface area contributed by atoms with Crippen molar-refractivity contribution in [2.45, 2.75) is 76.7 Å². The summed E-state index contributed by atoms with van der Waals surface area (Å²) in [5, 5.41) is 30.2. The van der Waals surface area contributed by atoms with Crippen LogP contribution >= 0.6 is 46.4 Å². The zero-order valence-corrected chi connectivity index (χ0v) is 66.9. The van der Waals surface area contributed by atoms with Crippen LogP contribution in [0, 0.1) is 0 Å². The number of ether oxygens (including phenoxy) is 8. The lowest BCUT2D eigenvalue weighted by Gasteiger charge is -2.25. The molecule has 12 aromatic carbocycles. The summed E-state index contributed by atoms with van der Waals surface area (Å²) in [6.45, 7) is 4.25. The summed E-state index contributed by atoms with van der Waals surface area (Å²) in [5.41, 5.74) is 23.1. The molecule has 20 nitrogen and oxygen atoms in total. The average molecular weight is 1650 g/mol. The molecule has 12 aromatic rings. The number of methoxy groups -OCH3 is 2. The predicted molar refractivity (Wildman–Crippen MR) is 454 cm³/mol. The molecule has 116 heavy (non-hydrogen) atoms. The zero-order valence-electron chi connectivity index (χ0n) is 63.8. The number of nitrogens with two attached hydrogens (primary N) is 3. The number of halogens is 4. The van der Waals surface area contributed by atoms with E-state index in [1.165, 1.54) is 0 Å². The first kappa shape index (κ1) is 86.8. The molecule has 0 bridgehead atoms. The Morgan fingerprint density at radius 3 is 0.741 bits per heavy atom. The lowest BCUT2D eigenvalue weighted by Crippen LogP contribution is -2.35. The van der Waals surface area contributed by atoms with Crippen LogP contribution in [0.2, 0.25) is 20.1 Å². The molecule has 0 aliphatic heterocycles. The molecule has 0 amide bonds. The Morgan fingerprint density at radius 2 is 0.500 bits per heavy atom. The second-order valence-electron chi connectivity index (χ2n) is 26.7. The van der Waals surface area contributed by atoms with Crippen LogP contribution in [0.1, 0.15) is 52.6 Å². The van der Waals surface area contributed by atoms with E-state index in [-0.39, 0.29) is 19.3 Å². The third-order valence-electron chi connectivity index (χ3n) is 18.2. The van der Waals surface area contributed by atoms with Gasteiger partial charge in [-0.05, 0) is 141 Å². The second-order valence-corrected chi connectivity index (χ2v) is 28.4. The molecule has 12 rings (SSSR count). The fourth-order valence-electron chi connectivity index (χ4n) is 12.1. The number of hydrogen-bond acceptors (Lipinski definition) is 17. The molecule has 3 atom stereocenters. The third kappa shape index (κ3) is 27.0. The molecule has 0 spiro atoms. The lowest BCUT2D eigenvalue weighted by molar-refractivity contribution is -0.139. The molecule has 600 valence electrons. The van der Waals surface area contributed by atoms with Crippen molar-refractivity contribution in [3.05, 3.63) is 345 Å². The minimum Gasteiger partial charge on any atom is -0.493 e. The maximum atomic E-state index is 11.5. The molecule has 0 radical (unpaired) electrons.